The Kier molecular flexibility index (Phi) is 61.2. The van der Waals surface area contributed by atoms with Gasteiger partial charge in [-0.15, -0.1) is 0 Å². The lowest BCUT2D eigenvalue weighted by molar-refractivity contribution is -0.161. The molecule has 0 heterocycles. The first-order valence-electron chi connectivity index (χ1n) is 36.0. The van der Waals surface area contributed by atoms with E-state index in [-0.39, 0.29) is 25.7 Å². The molecule has 3 N–H and O–H groups in total. The Morgan fingerprint density at radius 2 is 0.607 bits per heavy atom. The lowest BCUT2D eigenvalue weighted by Crippen LogP contribution is -2.30. The first kappa shape index (κ1) is 86.5. The molecule has 0 spiro atoms. The van der Waals surface area contributed by atoms with Crippen molar-refractivity contribution in [3.05, 3.63) is 24.3 Å². The van der Waals surface area contributed by atoms with Gasteiger partial charge in [0.2, 0.25) is 0 Å². The van der Waals surface area contributed by atoms with E-state index in [1.54, 1.807) is 0 Å². The summed E-state index contributed by atoms with van der Waals surface area (Å²) in [5, 5.41) is 10.6. The number of unbranched alkanes of at least 4 members (excludes halogenated alkanes) is 37. The molecule has 0 aliphatic rings. The van der Waals surface area contributed by atoms with Crippen LogP contribution in [0.5, 0.6) is 0 Å². The fraction of sp³-hybridized carbons (Fsp3) is 0.886. The Hall–Kier alpha value is -2.46. The highest BCUT2D eigenvalue weighted by Crippen LogP contribution is 2.45. The number of rotatable bonds is 68. The summed E-state index contributed by atoms with van der Waals surface area (Å²) >= 11 is 0. The Bertz CT molecular complexity index is 1810. The smallest absolute Gasteiger partial charge is 0.462 e. The van der Waals surface area contributed by atoms with Gasteiger partial charge in [-0.2, -0.15) is 0 Å². The van der Waals surface area contributed by atoms with Crippen molar-refractivity contribution in [2.45, 2.75) is 355 Å². The number of phosphoric ester groups is 2. The molecule has 0 aliphatic carbocycles. The maximum atomic E-state index is 13.0. The molecule has 19 heteroatoms. The second-order valence-electron chi connectivity index (χ2n) is 25.1. The molecule has 0 aromatic heterocycles. The fourth-order valence-corrected chi connectivity index (χ4v) is 11.7. The number of ether oxygens (including phenoxy) is 4. The van der Waals surface area contributed by atoms with Crippen LogP contribution in [0.1, 0.15) is 336 Å². The largest absolute Gasteiger partial charge is 0.472 e. The average Bonchev–Trinajstić information content (AvgIpc) is 3.55. The fourth-order valence-electron chi connectivity index (χ4n) is 10.1. The molecule has 0 radical (unpaired) electrons. The van der Waals surface area contributed by atoms with Gasteiger partial charge in [0.1, 0.15) is 19.3 Å². The van der Waals surface area contributed by atoms with Gasteiger partial charge in [-0.1, -0.05) is 284 Å². The number of carbonyl (C=O) groups excluding carboxylic acids is 4. The molecular formula is C70H132O17P2. The molecule has 0 rings (SSSR count). The molecule has 0 saturated carbocycles. The first-order chi connectivity index (χ1) is 43.0. The van der Waals surface area contributed by atoms with E-state index in [1.807, 2.05) is 0 Å². The van der Waals surface area contributed by atoms with Crippen LogP contribution in [-0.2, 0) is 65.4 Å². The van der Waals surface area contributed by atoms with Crippen LogP contribution in [0.2, 0.25) is 0 Å². The van der Waals surface area contributed by atoms with Crippen molar-refractivity contribution in [2.24, 2.45) is 5.92 Å². The molecule has 0 aliphatic heterocycles. The molecule has 0 bridgehead atoms. The van der Waals surface area contributed by atoms with Crippen LogP contribution in [0, 0.1) is 5.92 Å². The third kappa shape index (κ3) is 64.1. The van der Waals surface area contributed by atoms with E-state index in [9.17, 15) is 43.2 Å². The van der Waals surface area contributed by atoms with Crippen LogP contribution < -0.4 is 0 Å². The SMILES string of the molecule is CCCCCC/C=C\C=C/CCCCCCCC(=O)OC[C@H](COP(=O)(O)OC[C@@H](O)COP(=O)(O)OC[C@@H](COC(=O)CCCCCCCCC)OC(=O)CCCCCCCCCCCC)OC(=O)CCCCCCCCCCCCCCCCC(C)C. The van der Waals surface area contributed by atoms with Gasteiger partial charge in [0, 0.05) is 25.7 Å². The second kappa shape index (κ2) is 63.0. The third-order valence-corrected chi connectivity index (χ3v) is 17.6. The van der Waals surface area contributed by atoms with Crippen molar-refractivity contribution in [1.82, 2.24) is 0 Å². The maximum absolute atomic E-state index is 13.0. The summed E-state index contributed by atoms with van der Waals surface area (Å²) in [7, 11) is -9.90. The molecule has 2 unspecified atom stereocenters. The molecule has 5 atom stereocenters. The number of aliphatic hydroxyl groups is 1. The van der Waals surface area contributed by atoms with Crippen LogP contribution >= 0.6 is 15.6 Å². The molecule has 17 nitrogen and oxygen atoms in total. The van der Waals surface area contributed by atoms with Crippen LogP contribution in [0.15, 0.2) is 24.3 Å². The lowest BCUT2D eigenvalue weighted by Gasteiger charge is -2.21. The Morgan fingerprint density at radius 3 is 0.921 bits per heavy atom. The zero-order valence-electron chi connectivity index (χ0n) is 57.0. The second-order valence-corrected chi connectivity index (χ2v) is 28.0. The standard InChI is InChI=1S/C70H132O17P2/c1-6-9-12-15-18-20-22-23-24-28-31-35-39-44-49-54-68(73)81-60-66(87-70(75)56-51-46-41-36-32-29-26-25-27-30-33-38-42-47-52-63(4)5)62-85-89(78,79)83-58-64(71)57-82-88(76,77)84-61-65(59-80-67(72)53-48-43-37-17-14-11-8-3)86-69(74)55-50-45-40-34-21-19-16-13-10-7-2/h20,22-24,63-66,71H,6-19,21,25-62H2,1-5H3,(H,76,77)(H,78,79)/b22-20-,24-23-/t64-,65+,66+/m0/s1. The summed E-state index contributed by atoms with van der Waals surface area (Å²) in [5.74, 6) is -1.37. The van der Waals surface area contributed by atoms with E-state index in [1.165, 1.54) is 128 Å². The highest BCUT2D eigenvalue weighted by atomic mass is 31.2. The number of allylic oxidation sites excluding steroid dienone is 4. The monoisotopic (exact) mass is 1310 g/mol. The van der Waals surface area contributed by atoms with Crippen LogP contribution in [-0.4, -0.2) is 96.7 Å². The summed E-state index contributed by atoms with van der Waals surface area (Å²) in [6.07, 6.45) is 52.2. The Morgan fingerprint density at radius 1 is 0.348 bits per heavy atom. The number of carbonyl (C=O) groups is 4. The van der Waals surface area contributed by atoms with Crippen molar-refractivity contribution < 1.29 is 80.2 Å². The third-order valence-electron chi connectivity index (χ3n) is 15.7. The van der Waals surface area contributed by atoms with Crippen molar-refractivity contribution in [2.75, 3.05) is 39.6 Å². The Labute approximate surface area is 542 Å². The zero-order valence-corrected chi connectivity index (χ0v) is 58.8. The van der Waals surface area contributed by atoms with E-state index >= 15 is 0 Å². The number of esters is 4. The van der Waals surface area contributed by atoms with Crippen molar-refractivity contribution in [1.29, 1.82) is 0 Å². The summed E-state index contributed by atoms with van der Waals surface area (Å²) in [5.41, 5.74) is 0. The Balaban J connectivity index is 5.23. The van der Waals surface area contributed by atoms with Crippen molar-refractivity contribution >= 4 is 39.5 Å². The first-order valence-corrected chi connectivity index (χ1v) is 38.9. The topological polar surface area (TPSA) is 237 Å². The van der Waals surface area contributed by atoms with Gasteiger partial charge in [0.05, 0.1) is 26.4 Å². The maximum Gasteiger partial charge on any atom is 0.472 e. The predicted molar refractivity (Wildman–Crippen MR) is 358 cm³/mol. The van der Waals surface area contributed by atoms with Gasteiger partial charge >= 0.3 is 39.5 Å². The van der Waals surface area contributed by atoms with Crippen molar-refractivity contribution in [3.8, 4) is 0 Å². The number of hydrogen-bond donors (Lipinski definition) is 3. The van der Waals surface area contributed by atoms with E-state index in [4.69, 9.17) is 37.0 Å². The lowest BCUT2D eigenvalue weighted by atomic mass is 10.0. The molecular weight excluding hydrogens is 1170 g/mol. The van der Waals surface area contributed by atoms with Gasteiger partial charge in [0.25, 0.3) is 0 Å². The summed E-state index contributed by atoms with van der Waals surface area (Å²) in [6.45, 7) is 7.15. The minimum Gasteiger partial charge on any atom is -0.462 e. The summed E-state index contributed by atoms with van der Waals surface area (Å²) < 4.78 is 68.1. The minimum absolute atomic E-state index is 0.101. The molecule has 0 aromatic carbocycles. The van der Waals surface area contributed by atoms with Gasteiger partial charge in [-0.25, -0.2) is 9.13 Å². The van der Waals surface area contributed by atoms with E-state index < -0.39 is 97.5 Å². The summed E-state index contributed by atoms with van der Waals surface area (Å²) in [6, 6.07) is 0. The zero-order chi connectivity index (χ0) is 65.6. The van der Waals surface area contributed by atoms with Crippen LogP contribution in [0.3, 0.4) is 0 Å². The van der Waals surface area contributed by atoms with E-state index in [0.29, 0.717) is 25.7 Å². The van der Waals surface area contributed by atoms with Gasteiger partial charge in [0.15, 0.2) is 12.2 Å². The molecule has 89 heavy (non-hydrogen) atoms. The average molecular weight is 1310 g/mol. The predicted octanol–water partition coefficient (Wildman–Crippen LogP) is 19.7. The molecule has 524 valence electrons. The van der Waals surface area contributed by atoms with Crippen LogP contribution in [0.25, 0.3) is 0 Å². The van der Waals surface area contributed by atoms with Gasteiger partial charge in [-0.3, -0.25) is 37.3 Å². The van der Waals surface area contributed by atoms with Crippen LogP contribution in [0.4, 0.5) is 0 Å². The van der Waals surface area contributed by atoms with E-state index in [2.05, 4.69) is 58.9 Å². The quantitative estimate of drug-likeness (QED) is 0.0169. The molecule has 0 fully saturated rings. The summed E-state index contributed by atoms with van der Waals surface area (Å²) in [4.78, 5) is 72.3. The van der Waals surface area contributed by atoms with E-state index in [0.717, 1.165) is 128 Å². The molecule has 0 saturated heterocycles. The normalized spacial score (nSPS) is 14.3. The highest BCUT2D eigenvalue weighted by molar-refractivity contribution is 7.47. The minimum atomic E-state index is -4.96. The molecule has 0 amide bonds. The highest BCUT2D eigenvalue weighted by Gasteiger charge is 2.30. The van der Waals surface area contributed by atoms with Gasteiger partial charge in [-0.05, 0) is 57.3 Å². The number of hydrogen-bond acceptors (Lipinski definition) is 15. The molecule has 0 aromatic rings. The van der Waals surface area contributed by atoms with Gasteiger partial charge < -0.3 is 33.8 Å². The number of phosphoric acid groups is 2. The van der Waals surface area contributed by atoms with Crippen molar-refractivity contribution in [3.63, 3.8) is 0 Å². The number of aliphatic hydroxyl groups excluding tert-OH is 1.